The maximum atomic E-state index is 13.2. The number of pyridine rings is 1. The molecule has 71 heavy (non-hydrogen) atoms. The minimum atomic E-state index is -1.41. The van der Waals surface area contributed by atoms with Gasteiger partial charge in [0.15, 0.2) is 0 Å². The summed E-state index contributed by atoms with van der Waals surface area (Å²) in [5.41, 5.74) is 22.8. The Balaban J connectivity index is 0. The molecule has 0 saturated carbocycles. The molecule has 0 fully saturated rings. The largest absolute Gasteiger partial charge is 0.400 e. The molecule has 0 spiro atoms. The average molecular weight is 1010 g/mol. The van der Waals surface area contributed by atoms with Gasteiger partial charge in [-0.25, -0.2) is 0 Å². The maximum absolute atomic E-state index is 13.2. The van der Waals surface area contributed by atoms with Gasteiger partial charge in [-0.3, -0.25) is 47.9 Å². The van der Waals surface area contributed by atoms with Crippen LogP contribution in [0.2, 0.25) is 0 Å². The second-order valence-corrected chi connectivity index (χ2v) is 16.1. The van der Waals surface area contributed by atoms with Crippen LogP contribution in [0.25, 0.3) is 0 Å². The van der Waals surface area contributed by atoms with E-state index in [9.17, 15) is 53.1 Å². The summed E-state index contributed by atoms with van der Waals surface area (Å²) < 4.78 is 1.13. The number of aromatic nitrogens is 1. The van der Waals surface area contributed by atoms with Crippen molar-refractivity contribution in [3.05, 3.63) is 64.6 Å². The number of hydrogen-bond acceptors (Lipinski definition) is 15. The lowest BCUT2D eigenvalue weighted by Gasteiger charge is -2.27. The first kappa shape index (κ1) is 66.3. The van der Waals surface area contributed by atoms with E-state index < -0.39 is 77.3 Å². The van der Waals surface area contributed by atoms with Crippen LogP contribution in [0.5, 0.6) is 0 Å². The van der Waals surface area contributed by atoms with Crippen LogP contribution in [0.4, 0.5) is 5.69 Å². The third-order valence-electron chi connectivity index (χ3n) is 9.47. The molecular weight excluding hydrogens is 927 g/mol. The molecule has 6 atom stereocenters. The molecule has 1 aromatic carbocycles. The van der Waals surface area contributed by atoms with Gasteiger partial charge in [0.2, 0.25) is 53.7 Å². The number of benzene rings is 1. The number of nitrogens with one attached hydrogen (secondary N) is 8. The fourth-order valence-corrected chi connectivity index (χ4v) is 6.10. The molecule has 2 rings (SSSR count). The normalized spacial score (nSPS) is 12.7. The van der Waals surface area contributed by atoms with Crippen molar-refractivity contribution in [1.29, 1.82) is 0 Å². The van der Waals surface area contributed by atoms with Gasteiger partial charge in [0.1, 0.15) is 42.4 Å². The summed E-state index contributed by atoms with van der Waals surface area (Å²) >= 11 is 0. The molecule has 0 bridgehead atoms. The van der Waals surface area contributed by atoms with E-state index in [2.05, 4.69) is 61.6 Å². The van der Waals surface area contributed by atoms with Gasteiger partial charge >= 0.3 is 0 Å². The van der Waals surface area contributed by atoms with Crippen LogP contribution < -0.4 is 71.0 Å². The summed E-state index contributed by atoms with van der Waals surface area (Å²) in [6.45, 7) is 10.6. The molecule has 18 N–H and O–H groups in total. The van der Waals surface area contributed by atoms with Crippen molar-refractivity contribution in [3.63, 3.8) is 0 Å². The van der Waals surface area contributed by atoms with Gasteiger partial charge in [-0.1, -0.05) is 49.7 Å². The quantitative estimate of drug-likeness (QED) is 0.0290. The number of carbonyl (C=O) groups is 9. The fourth-order valence-electron chi connectivity index (χ4n) is 6.10. The number of nitrogens with zero attached hydrogens (tertiary/aromatic N) is 1. The highest BCUT2D eigenvalue weighted by Gasteiger charge is 2.32. The number of aryl methyl sites for hydroxylation is 1. The number of amides is 9. The third-order valence-corrected chi connectivity index (χ3v) is 9.47. The Morgan fingerprint density at radius 2 is 1.24 bits per heavy atom. The average Bonchev–Trinajstić information content (AvgIpc) is 3.31. The predicted molar refractivity (Wildman–Crippen MR) is 267 cm³/mol. The standard InChI is InChI=1S/C29H56N10O8.C9H11N3O3.C7H8.CH4O/c1-5-33-25(43)19(8-11-30)36-23(42)7-6-14-34-29(47)24(18(4)41)39-27(45)21(10-13-32)37-26(44)20(9-12-31)38-28(46)22(35-16-40)15-17(2)3;1-6(13)11-7-3-2-4-12(9(7)15)5-8(10)14;1-7-5-3-2-4-6-7;1-2/h16-22,24,41H,5-15,30-32H2,1-4H3,(H,33,43)(H,34,47)(H,35,40)(H,36,42)(H,37,44)(H,38,46)(H,39,45);2-4H,5H2,1H3,(H2,10,14)(H,11,13);2-6H,1H3;2H,1H3. The topological polar surface area (TPSA) is 416 Å². The highest BCUT2D eigenvalue weighted by Crippen LogP contribution is 2.07. The molecule has 25 nitrogen and oxygen atoms in total. The number of aliphatic hydroxyl groups is 2. The summed E-state index contributed by atoms with van der Waals surface area (Å²) in [6, 6.07) is 7.84. The van der Waals surface area contributed by atoms with E-state index in [4.69, 9.17) is 28.0 Å². The van der Waals surface area contributed by atoms with E-state index in [-0.39, 0.29) is 88.2 Å². The van der Waals surface area contributed by atoms with Crippen molar-refractivity contribution >= 4 is 59.4 Å². The molecule has 0 radical (unpaired) electrons. The van der Waals surface area contributed by atoms with E-state index in [0.717, 1.165) is 11.7 Å². The zero-order chi connectivity index (χ0) is 54.5. The molecule has 0 aliphatic heterocycles. The van der Waals surface area contributed by atoms with Crippen molar-refractivity contribution in [2.75, 3.05) is 45.2 Å². The monoisotopic (exact) mass is 1010 g/mol. The third kappa shape index (κ3) is 29.8. The molecule has 1 heterocycles. The Kier molecular flexibility index (Phi) is 36.4. The molecule has 1 aromatic heterocycles. The van der Waals surface area contributed by atoms with Crippen molar-refractivity contribution in [3.8, 4) is 0 Å². The number of nitrogens with two attached hydrogens (primary N) is 4. The first-order chi connectivity index (χ1) is 33.6. The van der Waals surface area contributed by atoms with Crippen LogP contribution in [-0.2, 0) is 49.7 Å². The van der Waals surface area contributed by atoms with E-state index in [0.29, 0.717) is 19.4 Å². The summed E-state index contributed by atoms with van der Waals surface area (Å²) in [6.07, 6.45) is 1.25. The van der Waals surface area contributed by atoms with Gasteiger partial charge < -0.3 is 80.2 Å². The second-order valence-electron chi connectivity index (χ2n) is 16.1. The van der Waals surface area contributed by atoms with Crippen LogP contribution >= 0.6 is 0 Å². The Hall–Kier alpha value is -6.80. The van der Waals surface area contributed by atoms with Crippen LogP contribution in [0.3, 0.4) is 0 Å². The Labute approximate surface area is 415 Å². The number of aliphatic hydroxyl groups excluding tert-OH is 2. The lowest BCUT2D eigenvalue weighted by Crippen LogP contribution is -2.60. The Morgan fingerprint density at radius 1 is 0.718 bits per heavy atom. The Bertz CT molecular complexity index is 1950. The smallest absolute Gasteiger partial charge is 0.274 e. The van der Waals surface area contributed by atoms with E-state index in [1.807, 2.05) is 32.0 Å². The van der Waals surface area contributed by atoms with Gasteiger partial charge in [-0.15, -0.1) is 0 Å². The van der Waals surface area contributed by atoms with Crippen LogP contribution in [-0.4, -0.2) is 145 Å². The van der Waals surface area contributed by atoms with Crippen molar-refractivity contribution in [1.82, 2.24) is 41.8 Å². The zero-order valence-electron chi connectivity index (χ0n) is 42.0. The SMILES string of the molecule is CC(=O)Nc1cccn(CC(N)=O)c1=O.CCNC(=O)C(CCN)NC(=O)CCCNC(=O)C(NC(=O)C(CCN)NC(=O)C(CCN)NC(=O)C(CC(C)C)NC=O)C(C)O.CO.Cc1ccccc1. The number of rotatable bonds is 28. The van der Waals surface area contributed by atoms with Crippen LogP contribution in [0.1, 0.15) is 78.7 Å². The molecule has 0 aliphatic rings. The number of primary amides is 1. The predicted octanol–water partition coefficient (Wildman–Crippen LogP) is -3.56. The summed E-state index contributed by atoms with van der Waals surface area (Å²) in [5.74, 6) is -4.52. The Morgan fingerprint density at radius 3 is 1.68 bits per heavy atom. The molecule has 6 unspecified atom stereocenters. The molecule has 2 aromatic rings. The molecular formula is C46H79N13O12. The highest BCUT2D eigenvalue weighted by atomic mass is 16.3. The molecule has 9 amide bonds. The van der Waals surface area contributed by atoms with Gasteiger partial charge in [-0.2, -0.15) is 0 Å². The van der Waals surface area contributed by atoms with Crippen molar-refractivity contribution in [2.24, 2.45) is 28.9 Å². The summed E-state index contributed by atoms with van der Waals surface area (Å²) in [5, 5.41) is 37.3. The molecule has 0 aliphatic carbocycles. The van der Waals surface area contributed by atoms with Gasteiger partial charge in [0.05, 0.1) is 6.10 Å². The summed E-state index contributed by atoms with van der Waals surface area (Å²) in [7, 11) is 1.00. The number of anilines is 1. The van der Waals surface area contributed by atoms with Crippen molar-refractivity contribution < 1.29 is 53.4 Å². The summed E-state index contributed by atoms with van der Waals surface area (Å²) in [4.78, 5) is 120. The first-order valence-electron chi connectivity index (χ1n) is 23.1. The number of carbonyl (C=O) groups excluding carboxylic acids is 9. The highest BCUT2D eigenvalue weighted by molar-refractivity contribution is 5.95. The minimum absolute atomic E-state index is 0.0129. The number of hydrogen-bond donors (Lipinski definition) is 14. The minimum Gasteiger partial charge on any atom is -0.400 e. The van der Waals surface area contributed by atoms with E-state index in [1.54, 1.807) is 13.0 Å². The number of likely N-dealkylation sites (N-methyl/N-ethyl adjacent to an activating group) is 1. The van der Waals surface area contributed by atoms with Gasteiger partial charge in [0, 0.05) is 39.7 Å². The van der Waals surface area contributed by atoms with Crippen LogP contribution in [0.15, 0.2) is 53.5 Å². The molecule has 0 saturated heterocycles. The van der Waals surface area contributed by atoms with E-state index >= 15 is 0 Å². The lowest BCUT2D eigenvalue weighted by atomic mass is 10.0. The van der Waals surface area contributed by atoms with Gasteiger partial charge in [-0.05, 0) is 90.6 Å². The second kappa shape index (κ2) is 39.0. The van der Waals surface area contributed by atoms with Crippen molar-refractivity contribution in [2.45, 2.75) is 123 Å². The van der Waals surface area contributed by atoms with Gasteiger partial charge in [0.25, 0.3) is 5.56 Å². The first-order valence-corrected chi connectivity index (χ1v) is 23.1. The van der Waals surface area contributed by atoms with Crippen LogP contribution in [0, 0.1) is 12.8 Å². The molecule has 25 heteroatoms. The van der Waals surface area contributed by atoms with E-state index in [1.165, 1.54) is 31.7 Å². The molecule has 400 valence electrons. The lowest BCUT2D eigenvalue weighted by molar-refractivity contribution is -0.135. The zero-order valence-corrected chi connectivity index (χ0v) is 42.0. The maximum Gasteiger partial charge on any atom is 0.274 e. The fraction of sp³-hybridized carbons (Fsp3) is 0.565.